The maximum atomic E-state index is 11.6. The lowest BCUT2D eigenvalue weighted by molar-refractivity contribution is -0.149. The van der Waals surface area contributed by atoms with Gasteiger partial charge in [0.1, 0.15) is 5.76 Å². The number of carbonyl (C=O) groups is 2. The van der Waals surface area contributed by atoms with Crippen molar-refractivity contribution in [1.82, 2.24) is 0 Å². The van der Waals surface area contributed by atoms with E-state index in [4.69, 9.17) is 0 Å². The molecule has 6 nitrogen and oxygen atoms in total. The van der Waals surface area contributed by atoms with Crippen molar-refractivity contribution >= 4 is 27.3 Å². The van der Waals surface area contributed by atoms with Crippen molar-refractivity contribution in [3.05, 3.63) is 35.4 Å². The maximum Gasteiger partial charge on any atom is 0.378 e. The van der Waals surface area contributed by atoms with Gasteiger partial charge >= 0.3 is 5.97 Å². The molecular weight excluding hydrogens is 284 g/mol. The molecule has 0 aliphatic rings. The van der Waals surface area contributed by atoms with Gasteiger partial charge in [-0.1, -0.05) is 11.6 Å². The van der Waals surface area contributed by atoms with E-state index in [0.29, 0.717) is 11.6 Å². The summed E-state index contributed by atoms with van der Waals surface area (Å²) in [5.74, 6) is -2.83. The first-order chi connectivity index (χ1) is 9.16. The van der Waals surface area contributed by atoms with Gasteiger partial charge in [-0.15, -0.1) is 0 Å². The molecule has 1 aromatic rings. The van der Waals surface area contributed by atoms with Crippen LogP contribution in [0, 0.1) is 6.92 Å². The molecule has 0 fully saturated rings. The van der Waals surface area contributed by atoms with Crippen LogP contribution < -0.4 is 0 Å². The minimum atomic E-state index is -3.59. The Morgan fingerprint density at radius 2 is 1.90 bits per heavy atom. The topological polar surface area (TPSA) is 97.7 Å². The fraction of sp³-hybridized carbons (Fsp3) is 0.231. The molecule has 0 heterocycles. The number of ketones is 1. The third-order valence-electron chi connectivity index (χ3n) is 2.46. The smallest absolute Gasteiger partial charge is 0.378 e. The highest BCUT2D eigenvalue weighted by atomic mass is 32.2. The molecule has 1 aromatic carbocycles. The van der Waals surface area contributed by atoms with E-state index in [-0.39, 0.29) is 10.5 Å². The Bertz CT molecular complexity index is 685. The number of hydrogen-bond donors (Lipinski definition) is 1. The number of methoxy groups -OCH3 is 1. The van der Waals surface area contributed by atoms with E-state index < -0.39 is 27.3 Å². The molecule has 0 bridgehead atoms. The van der Waals surface area contributed by atoms with E-state index in [9.17, 15) is 23.1 Å². The zero-order valence-electron chi connectivity index (χ0n) is 11.2. The molecule has 0 atom stereocenters. The van der Waals surface area contributed by atoms with E-state index >= 15 is 0 Å². The summed E-state index contributed by atoms with van der Waals surface area (Å²) in [5, 5.41) is 9.87. The maximum absolute atomic E-state index is 11.6. The van der Waals surface area contributed by atoms with Crippen molar-refractivity contribution in [3.63, 3.8) is 0 Å². The van der Waals surface area contributed by atoms with E-state index in [0.717, 1.165) is 13.4 Å². The van der Waals surface area contributed by atoms with Crippen LogP contribution in [0.1, 0.15) is 11.1 Å². The second-order valence-corrected chi connectivity index (χ2v) is 6.14. The SMILES string of the molecule is COC(=O)C(=O)/C=C(\O)c1cc(C)ccc1S(C)(=O)=O. The standard InChI is InChI=1S/C13H14O6S/c1-8-4-5-12(20(3,17)18)9(6-8)10(14)7-11(15)13(16)19-2/h4-7,14H,1-3H3/b10-7-. The lowest BCUT2D eigenvalue weighted by atomic mass is 10.1. The second-order valence-electron chi connectivity index (χ2n) is 4.16. The Balaban J connectivity index is 3.39. The molecule has 0 amide bonds. The average Bonchev–Trinajstić information content (AvgIpc) is 2.35. The van der Waals surface area contributed by atoms with Crippen molar-refractivity contribution in [2.24, 2.45) is 0 Å². The Morgan fingerprint density at radius 1 is 1.30 bits per heavy atom. The summed E-state index contributed by atoms with van der Waals surface area (Å²) in [6.45, 7) is 1.70. The van der Waals surface area contributed by atoms with Crippen LogP contribution in [-0.4, -0.2) is 38.6 Å². The van der Waals surface area contributed by atoms with Gasteiger partial charge in [-0.3, -0.25) is 4.79 Å². The number of rotatable bonds is 4. The molecule has 0 aromatic heterocycles. The number of aliphatic hydroxyl groups excluding tert-OH is 1. The Morgan fingerprint density at radius 3 is 2.40 bits per heavy atom. The Labute approximate surface area is 116 Å². The van der Waals surface area contributed by atoms with Crippen molar-refractivity contribution in [3.8, 4) is 0 Å². The molecule has 0 radical (unpaired) electrons. The zero-order valence-corrected chi connectivity index (χ0v) is 12.0. The summed E-state index contributed by atoms with van der Waals surface area (Å²) >= 11 is 0. The first-order valence-electron chi connectivity index (χ1n) is 5.51. The number of aliphatic hydroxyl groups is 1. The monoisotopic (exact) mass is 298 g/mol. The predicted octanol–water partition coefficient (Wildman–Crippen LogP) is 1.04. The van der Waals surface area contributed by atoms with Gasteiger partial charge in [-0.2, -0.15) is 0 Å². The van der Waals surface area contributed by atoms with Gasteiger partial charge in [0, 0.05) is 17.9 Å². The van der Waals surface area contributed by atoms with Gasteiger partial charge in [0.25, 0.3) is 5.78 Å². The molecule has 0 unspecified atom stereocenters. The number of aryl methyl sites for hydroxylation is 1. The summed E-state index contributed by atoms with van der Waals surface area (Å²) in [5.41, 5.74) is 0.655. The first kappa shape index (κ1) is 15.9. The van der Waals surface area contributed by atoms with Crippen LogP contribution in [0.4, 0.5) is 0 Å². The van der Waals surface area contributed by atoms with E-state index in [1.807, 2.05) is 0 Å². The van der Waals surface area contributed by atoms with Crippen molar-refractivity contribution < 1.29 is 27.9 Å². The summed E-state index contributed by atoms with van der Waals surface area (Å²) in [7, 11) is -2.56. The molecule has 0 aliphatic heterocycles. The third-order valence-corrected chi connectivity index (χ3v) is 3.62. The molecule has 108 valence electrons. The molecule has 0 aliphatic carbocycles. The predicted molar refractivity (Wildman–Crippen MR) is 71.9 cm³/mol. The number of benzene rings is 1. The molecule has 0 saturated carbocycles. The molecule has 1 rings (SSSR count). The molecule has 1 N–H and O–H groups in total. The van der Waals surface area contributed by atoms with Crippen LogP contribution in [0.15, 0.2) is 29.2 Å². The van der Waals surface area contributed by atoms with Crippen LogP contribution in [0.5, 0.6) is 0 Å². The number of carbonyl (C=O) groups excluding carboxylic acids is 2. The van der Waals surface area contributed by atoms with E-state index in [1.54, 1.807) is 13.0 Å². The summed E-state index contributed by atoms with van der Waals surface area (Å²) in [4.78, 5) is 22.2. The minimum absolute atomic E-state index is 0.0373. The Hall–Kier alpha value is -2.15. The highest BCUT2D eigenvalue weighted by molar-refractivity contribution is 7.90. The van der Waals surface area contributed by atoms with Crippen LogP contribution in [0.25, 0.3) is 5.76 Å². The van der Waals surface area contributed by atoms with Crippen LogP contribution in [0.3, 0.4) is 0 Å². The van der Waals surface area contributed by atoms with Crippen molar-refractivity contribution in [1.29, 1.82) is 0 Å². The average molecular weight is 298 g/mol. The van der Waals surface area contributed by atoms with Gasteiger partial charge in [-0.25, -0.2) is 13.2 Å². The van der Waals surface area contributed by atoms with E-state index in [1.165, 1.54) is 12.1 Å². The fourth-order valence-corrected chi connectivity index (χ4v) is 2.41. The van der Waals surface area contributed by atoms with Crippen LogP contribution in [0.2, 0.25) is 0 Å². The molecule has 0 spiro atoms. The second kappa shape index (κ2) is 5.87. The van der Waals surface area contributed by atoms with Gasteiger partial charge in [-0.05, 0) is 19.1 Å². The van der Waals surface area contributed by atoms with Crippen LogP contribution in [-0.2, 0) is 24.2 Å². The van der Waals surface area contributed by atoms with Gasteiger partial charge in [0.2, 0.25) is 0 Å². The number of ether oxygens (including phenoxy) is 1. The summed E-state index contributed by atoms with van der Waals surface area (Å²) in [6.07, 6.45) is 1.62. The number of esters is 1. The quantitative estimate of drug-likeness (QED) is 0.386. The van der Waals surface area contributed by atoms with E-state index in [2.05, 4.69) is 4.74 Å². The minimum Gasteiger partial charge on any atom is -0.507 e. The van der Waals surface area contributed by atoms with Gasteiger partial charge in [0.05, 0.1) is 12.0 Å². The van der Waals surface area contributed by atoms with Crippen LogP contribution >= 0.6 is 0 Å². The lowest BCUT2D eigenvalue weighted by Crippen LogP contribution is -2.13. The highest BCUT2D eigenvalue weighted by Gasteiger charge is 2.19. The third kappa shape index (κ3) is 3.67. The fourth-order valence-electron chi connectivity index (χ4n) is 1.53. The van der Waals surface area contributed by atoms with Gasteiger partial charge < -0.3 is 9.84 Å². The van der Waals surface area contributed by atoms with Crippen molar-refractivity contribution in [2.45, 2.75) is 11.8 Å². The molecule has 7 heteroatoms. The number of hydrogen-bond acceptors (Lipinski definition) is 6. The highest BCUT2D eigenvalue weighted by Crippen LogP contribution is 2.23. The summed E-state index contributed by atoms with van der Waals surface area (Å²) in [6, 6.07) is 4.30. The number of sulfone groups is 1. The lowest BCUT2D eigenvalue weighted by Gasteiger charge is -2.08. The molecule has 20 heavy (non-hydrogen) atoms. The summed E-state index contributed by atoms with van der Waals surface area (Å²) < 4.78 is 27.5. The largest absolute Gasteiger partial charge is 0.507 e. The van der Waals surface area contributed by atoms with Crippen molar-refractivity contribution in [2.75, 3.05) is 13.4 Å². The molecular formula is C13H14O6S. The molecule has 0 saturated heterocycles. The normalized spacial score (nSPS) is 12.1. The Kier molecular flexibility index (Phi) is 4.67. The zero-order chi connectivity index (χ0) is 15.5. The van der Waals surface area contributed by atoms with Gasteiger partial charge in [0.15, 0.2) is 9.84 Å². The first-order valence-corrected chi connectivity index (χ1v) is 7.40.